The van der Waals surface area contributed by atoms with E-state index in [0.717, 1.165) is 24.2 Å². The summed E-state index contributed by atoms with van der Waals surface area (Å²) in [4.78, 5) is 4.18. The summed E-state index contributed by atoms with van der Waals surface area (Å²) in [6.45, 7) is 3.12. The van der Waals surface area contributed by atoms with Crippen molar-refractivity contribution in [2.24, 2.45) is 0 Å². The zero-order valence-electron chi connectivity index (χ0n) is 11.9. The quantitative estimate of drug-likeness (QED) is 0.675. The molecule has 0 atom stereocenters. The van der Waals surface area contributed by atoms with Crippen LogP contribution >= 0.6 is 0 Å². The Hall–Kier alpha value is -0.980. The van der Waals surface area contributed by atoms with Crippen molar-refractivity contribution in [3.8, 4) is 0 Å². The van der Waals surface area contributed by atoms with E-state index >= 15 is 0 Å². The summed E-state index contributed by atoms with van der Waals surface area (Å²) in [6, 6.07) is 4.47. The molecule has 20 heavy (non-hydrogen) atoms. The molecule has 1 fully saturated rings. The third kappa shape index (κ3) is 5.56. The molecule has 1 heterocycles. The van der Waals surface area contributed by atoms with Gasteiger partial charge in [-0.05, 0) is 50.8 Å². The maximum absolute atomic E-state index is 11.9. The molecule has 1 aromatic rings. The van der Waals surface area contributed by atoms with Crippen molar-refractivity contribution in [3.05, 3.63) is 29.6 Å². The second kappa shape index (κ2) is 7.15. The molecule has 0 aromatic carbocycles. The molecular weight excluding hydrogens is 274 g/mol. The predicted molar refractivity (Wildman–Crippen MR) is 79.9 cm³/mol. The number of aryl methyl sites for hydroxylation is 1. The van der Waals surface area contributed by atoms with Crippen LogP contribution in [-0.4, -0.2) is 31.7 Å². The van der Waals surface area contributed by atoms with E-state index in [9.17, 15) is 8.42 Å². The number of hydrogen-bond donors (Lipinski definition) is 2. The van der Waals surface area contributed by atoms with Crippen molar-refractivity contribution >= 4 is 10.0 Å². The number of rotatable bonds is 9. The molecule has 2 N–H and O–H groups in total. The van der Waals surface area contributed by atoms with E-state index in [1.807, 2.05) is 19.1 Å². The van der Waals surface area contributed by atoms with E-state index in [4.69, 9.17) is 0 Å². The van der Waals surface area contributed by atoms with Gasteiger partial charge in [0.15, 0.2) is 0 Å². The lowest BCUT2D eigenvalue weighted by molar-refractivity contribution is 0.572. The first kappa shape index (κ1) is 15.4. The lowest BCUT2D eigenvalue weighted by atomic mass is 10.2. The molecule has 112 valence electrons. The Kier molecular flexibility index (Phi) is 5.51. The minimum atomic E-state index is -3.20. The number of sulfonamides is 1. The van der Waals surface area contributed by atoms with Crippen LogP contribution in [0.4, 0.5) is 0 Å². The van der Waals surface area contributed by atoms with Gasteiger partial charge >= 0.3 is 0 Å². The lowest BCUT2D eigenvalue weighted by Gasteiger charge is -2.08. The normalized spacial score (nSPS) is 15.4. The first-order chi connectivity index (χ1) is 9.57. The minimum absolute atomic E-state index is 0.186. The standard InChI is InChI=1S/C14H23N3O2S/c1-12-5-4-9-16-14(12)11-17-20(18,19)10-3-2-8-15-13-6-7-13/h4-5,9,13,15,17H,2-3,6-8,10-11H2,1H3. The third-order valence-electron chi connectivity index (χ3n) is 3.43. The van der Waals surface area contributed by atoms with Gasteiger partial charge in [-0.3, -0.25) is 4.98 Å². The highest BCUT2D eigenvalue weighted by Gasteiger charge is 2.19. The van der Waals surface area contributed by atoms with E-state index in [-0.39, 0.29) is 12.3 Å². The smallest absolute Gasteiger partial charge is 0.211 e. The molecule has 0 bridgehead atoms. The molecule has 0 unspecified atom stereocenters. The van der Waals surface area contributed by atoms with Gasteiger partial charge in [0.05, 0.1) is 18.0 Å². The molecule has 6 heteroatoms. The second-order valence-electron chi connectivity index (χ2n) is 5.34. The van der Waals surface area contributed by atoms with Crippen LogP contribution in [0.3, 0.4) is 0 Å². The van der Waals surface area contributed by atoms with Crippen LogP contribution in [0.1, 0.15) is 36.9 Å². The predicted octanol–water partition coefficient (Wildman–Crippen LogP) is 1.34. The molecule has 0 aliphatic heterocycles. The van der Waals surface area contributed by atoms with Crippen LogP contribution in [0.2, 0.25) is 0 Å². The molecule has 1 aliphatic carbocycles. The second-order valence-corrected chi connectivity index (χ2v) is 7.27. The van der Waals surface area contributed by atoms with Gasteiger partial charge in [-0.15, -0.1) is 0 Å². The van der Waals surface area contributed by atoms with Gasteiger partial charge in [-0.25, -0.2) is 13.1 Å². The zero-order valence-corrected chi connectivity index (χ0v) is 12.7. The summed E-state index contributed by atoms with van der Waals surface area (Å²) in [5.74, 6) is 0.186. The van der Waals surface area contributed by atoms with Gasteiger partial charge in [0.1, 0.15) is 0 Å². The minimum Gasteiger partial charge on any atom is -0.314 e. The summed E-state index contributed by atoms with van der Waals surface area (Å²) in [6.07, 6.45) is 5.81. The number of unbranched alkanes of at least 4 members (excludes halogenated alkanes) is 1. The topological polar surface area (TPSA) is 71.1 Å². The summed E-state index contributed by atoms with van der Waals surface area (Å²) in [5, 5.41) is 3.38. The molecule has 1 aliphatic rings. The zero-order chi connectivity index (χ0) is 14.4. The number of hydrogen-bond acceptors (Lipinski definition) is 4. The molecule has 2 rings (SSSR count). The van der Waals surface area contributed by atoms with Gasteiger partial charge in [0.25, 0.3) is 0 Å². The largest absolute Gasteiger partial charge is 0.314 e. The lowest BCUT2D eigenvalue weighted by Crippen LogP contribution is -2.27. The van der Waals surface area contributed by atoms with Gasteiger partial charge < -0.3 is 5.32 Å². The number of pyridine rings is 1. The van der Waals surface area contributed by atoms with Crippen molar-refractivity contribution in [2.45, 2.75) is 45.2 Å². The van der Waals surface area contributed by atoms with Crippen molar-refractivity contribution in [2.75, 3.05) is 12.3 Å². The molecule has 0 radical (unpaired) electrons. The fourth-order valence-corrected chi connectivity index (χ4v) is 3.05. The third-order valence-corrected chi connectivity index (χ3v) is 4.84. The van der Waals surface area contributed by atoms with Crippen LogP contribution < -0.4 is 10.0 Å². The molecule has 0 spiro atoms. The SMILES string of the molecule is Cc1cccnc1CNS(=O)(=O)CCCCNC1CC1. The van der Waals surface area contributed by atoms with Crippen molar-refractivity contribution in [1.82, 2.24) is 15.0 Å². The van der Waals surface area contributed by atoms with Crippen molar-refractivity contribution in [3.63, 3.8) is 0 Å². The Bertz CT molecular complexity index is 527. The summed E-state index contributed by atoms with van der Waals surface area (Å²) in [5.41, 5.74) is 1.79. The Balaban J connectivity index is 1.66. The molecule has 1 aromatic heterocycles. The van der Waals surface area contributed by atoms with E-state index in [2.05, 4.69) is 15.0 Å². The van der Waals surface area contributed by atoms with Crippen LogP contribution in [0.5, 0.6) is 0 Å². The number of nitrogens with one attached hydrogen (secondary N) is 2. The maximum atomic E-state index is 11.9. The van der Waals surface area contributed by atoms with Gasteiger partial charge in [-0.2, -0.15) is 0 Å². The van der Waals surface area contributed by atoms with E-state index < -0.39 is 10.0 Å². The molecule has 5 nitrogen and oxygen atoms in total. The molecule has 0 amide bonds. The molecular formula is C14H23N3O2S. The van der Waals surface area contributed by atoms with E-state index in [1.54, 1.807) is 6.20 Å². The first-order valence-electron chi connectivity index (χ1n) is 7.18. The van der Waals surface area contributed by atoms with Crippen LogP contribution in [0, 0.1) is 6.92 Å². The molecule has 0 saturated heterocycles. The monoisotopic (exact) mass is 297 g/mol. The van der Waals surface area contributed by atoms with Crippen LogP contribution in [0.25, 0.3) is 0 Å². The Morgan fingerprint density at radius 3 is 2.85 bits per heavy atom. The highest BCUT2D eigenvalue weighted by atomic mass is 32.2. The maximum Gasteiger partial charge on any atom is 0.211 e. The van der Waals surface area contributed by atoms with Crippen molar-refractivity contribution < 1.29 is 8.42 Å². The van der Waals surface area contributed by atoms with E-state index in [0.29, 0.717) is 12.5 Å². The fraction of sp³-hybridized carbons (Fsp3) is 0.643. The Morgan fingerprint density at radius 1 is 1.35 bits per heavy atom. The average molecular weight is 297 g/mol. The molecule has 1 saturated carbocycles. The fourth-order valence-electron chi connectivity index (χ4n) is 1.96. The van der Waals surface area contributed by atoms with E-state index in [1.165, 1.54) is 12.8 Å². The Morgan fingerprint density at radius 2 is 2.15 bits per heavy atom. The number of aromatic nitrogens is 1. The average Bonchev–Trinajstić information content (AvgIpc) is 3.21. The van der Waals surface area contributed by atoms with Gasteiger partial charge in [-0.1, -0.05) is 6.07 Å². The highest BCUT2D eigenvalue weighted by molar-refractivity contribution is 7.89. The first-order valence-corrected chi connectivity index (χ1v) is 8.83. The summed E-state index contributed by atoms with van der Waals surface area (Å²) < 4.78 is 26.3. The summed E-state index contributed by atoms with van der Waals surface area (Å²) in [7, 11) is -3.20. The summed E-state index contributed by atoms with van der Waals surface area (Å²) >= 11 is 0. The van der Waals surface area contributed by atoms with Crippen LogP contribution in [0.15, 0.2) is 18.3 Å². The van der Waals surface area contributed by atoms with Gasteiger partial charge in [0, 0.05) is 12.2 Å². The van der Waals surface area contributed by atoms with Crippen molar-refractivity contribution in [1.29, 1.82) is 0 Å². The highest BCUT2D eigenvalue weighted by Crippen LogP contribution is 2.18. The van der Waals surface area contributed by atoms with Gasteiger partial charge in [0.2, 0.25) is 10.0 Å². The Labute approximate surface area is 121 Å². The van der Waals surface area contributed by atoms with Crippen LogP contribution in [-0.2, 0) is 16.6 Å². The number of nitrogens with zero attached hydrogens (tertiary/aromatic N) is 1.